The SMILES string of the molecule is CNc1c(C)cc(SC)c(NC)c1SC. The minimum Gasteiger partial charge on any atom is -0.387 e. The van der Waals surface area contributed by atoms with Crippen LogP contribution in [0.25, 0.3) is 0 Å². The third kappa shape index (κ3) is 2.37. The maximum atomic E-state index is 3.29. The lowest BCUT2D eigenvalue weighted by Crippen LogP contribution is -2.00. The molecule has 2 N–H and O–H groups in total. The van der Waals surface area contributed by atoms with Crippen LogP contribution in [-0.2, 0) is 0 Å². The average molecular weight is 242 g/mol. The second kappa shape index (κ2) is 5.56. The predicted molar refractivity (Wildman–Crippen MR) is 73.8 cm³/mol. The van der Waals surface area contributed by atoms with Crippen molar-refractivity contribution in [1.29, 1.82) is 0 Å². The van der Waals surface area contributed by atoms with E-state index in [-0.39, 0.29) is 0 Å². The molecule has 1 aromatic carbocycles. The van der Waals surface area contributed by atoms with Crippen molar-refractivity contribution in [2.75, 3.05) is 37.2 Å². The number of aryl methyl sites for hydroxylation is 1. The van der Waals surface area contributed by atoms with Gasteiger partial charge in [0.15, 0.2) is 0 Å². The summed E-state index contributed by atoms with van der Waals surface area (Å²) >= 11 is 3.56. The quantitative estimate of drug-likeness (QED) is 0.789. The van der Waals surface area contributed by atoms with Gasteiger partial charge in [0, 0.05) is 19.0 Å². The fourth-order valence-electron chi connectivity index (χ4n) is 1.67. The van der Waals surface area contributed by atoms with Gasteiger partial charge in [-0.05, 0) is 31.1 Å². The second-order valence-electron chi connectivity index (χ2n) is 3.18. The molecule has 0 aliphatic heterocycles. The summed E-state index contributed by atoms with van der Waals surface area (Å²) < 4.78 is 0. The summed E-state index contributed by atoms with van der Waals surface area (Å²) in [5, 5.41) is 6.56. The molecule has 84 valence electrons. The van der Waals surface area contributed by atoms with E-state index < -0.39 is 0 Å². The van der Waals surface area contributed by atoms with E-state index in [1.54, 1.807) is 23.5 Å². The van der Waals surface area contributed by atoms with E-state index in [4.69, 9.17) is 0 Å². The Kier molecular flexibility index (Phi) is 4.67. The smallest absolute Gasteiger partial charge is 0.0635 e. The molecule has 2 nitrogen and oxygen atoms in total. The summed E-state index contributed by atoms with van der Waals surface area (Å²) in [5.41, 5.74) is 3.75. The molecule has 0 aliphatic carbocycles. The molecule has 0 spiro atoms. The highest BCUT2D eigenvalue weighted by molar-refractivity contribution is 7.99. The van der Waals surface area contributed by atoms with Crippen molar-refractivity contribution in [1.82, 2.24) is 0 Å². The normalized spacial score (nSPS) is 10.2. The summed E-state index contributed by atoms with van der Waals surface area (Å²) in [7, 11) is 3.95. The van der Waals surface area contributed by atoms with Gasteiger partial charge in [-0.3, -0.25) is 0 Å². The summed E-state index contributed by atoms with van der Waals surface area (Å²) in [5.74, 6) is 0. The highest BCUT2D eigenvalue weighted by atomic mass is 32.2. The number of thioether (sulfide) groups is 2. The third-order valence-electron chi connectivity index (χ3n) is 2.37. The summed E-state index contributed by atoms with van der Waals surface area (Å²) in [6.45, 7) is 2.14. The molecule has 4 heteroatoms. The Hall–Kier alpha value is -0.480. The van der Waals surface area contributed by atoms with Crippen molar-refractivity contribution in [2.45, 2.75) is 16.7 Å². The number of benzene rings is 1. The molecule has 0 saturated carbocycles. The minimum atomic E-state index is 1.23. The summed E-state index contributed by atoms with van der Waals surface area (Å²) in [6.07, 6.45) is 4.22. The Bertz CT molecular complexity index is 351. The van der Waals surface area contributed by atoms with Crippen molar-refractivity contribution < 1.29 is 0 Å². The topological polar surface area (TPSA) is 24.1 Å². The van der Waals surface area contributed by atoms with Crippen LogP contribution in [0.15, 0.2) is 15.9 Å². The highest BCUT2D eigenvalue weighted by Crippen LogP contribution is 2.41. The summed E-state index contributed by atoms with van der Waals surface area (Å²) in [6, 6.07) is 2.22. The van der Waals surface area contributed by atoms with Gasteiger partial charge in [0.1, 0.15) is 0 Å². The van der Waals surface area contributed by atoms with Crippen LogP contribution >= 0.6 is 23.5 Å². The first kappa shape index (κ1) is 12.6. The molecule has 0 saturated heterocycles. The van der Waals surface area contributed by atoms with Gasteiger partial charge >= 0.3 is 0 Å². The molecule has 1 aromatic rings. The molecule has 0 unspecified atom stereocenters. The Morgan fingerprint density at radius 2 is 1.60 bits per heavy atom. The van der Waals surface area contributed by atoms with Crippen molar-refractivity contribution >= 4 is 34.9 Å². The van der Waals surface area contributed by atoms with Gasteiger partial charge < -0.3 is 10.6 Å². The van der Waals surface area contributed by atoms with Gasteiger partial charge in [0.25, 0.3) is 0 Å². The maximum Gasteiger partial charge on any atom is 0.0635 e. The lowest BCUT2D eigenvalue weighted by atomic mass is 10.1. The van der Waals surface area contributed by atoms with Crippen LogP contribution in [0.3, 0.4) is 0 Å². The van der Waals surface area contributed by atoms with E-state index in [0.717, 1.165) is 0 Å². The molecule has 0 radical (unpaired) electrons. The Morgan fingerprint density at radius 3 is 2.00 bits per heavy atom. The van der Waals surface area contributed by atoms with Crippen molar-refractivity contribution in [3.05, 3.63) is 11.6 Å². The lowest BCUT2D eigenvalue weighted by molar-refractivity contribution is 1.23. The minimum absolute atomic E-state index is 1.23. The molecule has 0 atom stereocenters. The fraction of sp³-hybridized carbons (Fsp3) is 0.455. The molecule has 0 bridgehead atoms. The number of rotatable bonds is 4. The molecular formula is C11H18N2S2. The Labute approximate surface area is 101 Å². The standard InChI is InChI=1S/C11H18N2S2/c1-7-6-8(14-4)10(13-3)11(15-5)9(7)12-2/h6,12-13H,1-5H3. The Morgan fingerprint density at radius 1 is 1.00 bits per heavy atom. The fourth-order valence-corrected chi connectivity index (χ4v) is 3.32. The zero-order valence-electron chi connectivity index (χ0n) is 9.89. The van der Waals surface area contributed by atoms with Crippen LogP contribution in [0.4, 0.5) is 11.4 Å². The van der Waals surface area contributed by atoms with Crippen molar-refractivity contribution in [3.8, 4) is 0 Å². The van der Waals surface area contributed by atoms with Crippen LogP contribution in [0.2, 0.25) is 0 Å². The third-order valence-corrected chi connectivity index (χ3v) is 3.94. The van der Waals surface area contributed by atoms with Crippen LogP contribution in [0, 0.1) is 6.92 Å². The van der Waals surface area contributed by atoms with Crippen molar-refractivity contribution in [3.63, 3.8) is 0 Å². The molecule has 0 aromatic heterocycles. The van der Waals surface area contributed by atoms with Crippen molar-refractivity contribution in [2.24, 2.45) is 0 Å². The molecule has 1 rings (SSSR count). The molecular weight excluding hydrogens is 224 g/mol. The van der Waals surface area contributed by atoms with E-state index in [1.165, 1.54) is 26.7 Å². The van der Waals surface area contributed by atoms with Gasteiger partial charge in [-0.1, -0.05) is 0 Å². The largest absolute Gasteiger partial charge is 0.387 e. The predicted octanol–water partition coefficient (Wildman–Crippen LogP) is 3.52. The highest BCUT2D eigenvalue weighted by Gasteiger charge is 2.13. The van der Waals surface area contributed by atoms with Crippen LogP contribution in [0.1, 0.15) is 5.56 Å². The van der Waals surface area contributed by atoms with E-state index in [2.05, 4.69) is 36.1 Å². The average Bonchev–Trinajstić information content (AvgIpc) is 2.27. The number of hydrogen-bond donors (Lipinski definition) is 2. The van der Waals surface area contributed by atoms with E-state index in [0.29, 0.717) is 0 Å². The molecule has 0 heterocycles. The second-order valence-corrected chi connectivity index (χ2v) is 4.84. The monoisotopic (exact) mass is 242 g/mol. The number of hydrogen-bond acceptors (Lipinski definition) is 4. The Balaban J connectivity index is 3.44. The van der Waals surface area contributed by atoms with E-state index in [9.17, 15) is 0 Å². The first-order valence-corrected chi connectivity index (χ1v) is 7.25. The van der Waals surface area contributed by atoms with Gasteiger partial charge in [-0.15, -0.1) is 23.5 Å². The lowest BCUT2D eigenvalue weighted by Gasteiger charge is -2.18. The zero-order chi connectivity index (χ0) is 11.4. The number of anilines is 2. The van der Waals surface area contributed by atoms with Gasteiger partial charge in [0.05, 0.1) is 16.3 Å². The first-order chi connectivity index (χ1) is 7.19. The van der Waals surface area contributed by atoms with Crippen LogP contribution in [-0.4, -0.2) is 26.6 Å². The van der Waals surface area contributed by atoms with E-state index >= 15 is 0 Å². The van der Waals surface area contributed by atoms with Gasteiger partial charge in [-0.25, -0.2) is 0 Å². The maximum absolute atomic E-state index is 3.29. The molecule has 0 fully saturated rings. The van der Waals surface area contributed by atoms with Crippen LogP contribution < -0.4 is 10.6 Å². The number of nitrogens with one attached hydrogen (secondary N) is 2. The molecule has 15 heavy (non-hydrogen) atoms. The van der Waals surface area contributed by atoms with E-state index in [1.807, 2.05) is 14.1 Å². The molecule has 0 aliphatic rings. The first-order valence-electron chi connectivity index (χ1n) is 4.80. The van der Waals surface area contributed by atoms with Crippen LogP contribution in [0.5, 0.6) is 0 Å². The van der Waals surface area contributed by atoms with Gasteiger partial charge in [-0.2, -0.15) is 0 Å². The summed E-state index contributed by atoms with van der Waals surface area (Å²) in [4.78, 5) is 2.60. The van der Waals surface area contributed by atoms with Gasteiger partial charge in [0.2, 0.25) is 0 Å². The zero-order valence-corrected chi connectivity index (χ0v) is 11.5. The molecule has 0 amide bonds.